The van der Waals surface area contributed by atoms with Crippen LogP contribution < -0.4 is 5.32 Å². The summed E-state index contributed by atoms with van der Waals surface area (Å²) in [4.78, 5) is 13.0. The monoisotopic (exact) mass is 371 g/mol. The van der Waals surface area contributed by atoms with Crippen molar-refractivity contribution in [3.05, 3.63) is 34.1 Å². The number of hydrogen-bond donors (Lipinski definition) is 1. The quantitative estimate of drug-likeness (QED) is 0.769. The highest BCUT2D eigenvalue weighted by molar-refractivity contribution is 7.20. The number of thiophene rings is 1. The first-order valence-electron chi connectivity index (χ1n) is 7.42. The van der Waals surface area contributed by atoms with Gasteiger partial charge in [0.05, 0.1) is 17.1 Å². The maximum absolute atomic E-state index is 13.0. The number of rotatable bonds is 3. The molecule has 25 heavy (non-hydrogen) atoms. The Kier molecular flexibility index (Phi) is 4.10. The van der Waals surface area contributed by atoms with E-state index in [-0.39, 0.29) is 16.3 Å². The van der Waals surface area contributed by atoms with E-state index >= 15 is 0 Å². The number of carbonyl (C=O) groups is 1. The fraction of sp³-hybridized carbons (Fsp3) is 0.400. The highest BCUT2D eigenvalue weighted by atomic mass is 32.1. The topological polar surface area (TPSA) is 64.7 Å². The third kappa shape index (κ3) is 3.01. The molecule has 1 N–H and O–H groups in total. The van der Waals surface area contributed by atoms with Gasteiger partial charge in [0.25, 0.3) is 5.91 Å². The Balaban J connectivity index is 1.89. The summed E-state index contributed by atoms with van der Waals surface area (Å²) in [5.74, 6) is -0.426. The number of halogens is 3. The van der Waals surface area contributed by atoms with Gasteiger partial charge in [-0.25, -0.2) is 0 Å². The van der Waals surface area contributed by atoms with Gasteiger partial charge in [0.1, 0.15) is 4.83 Å². The molecule has 10 heteroatoms. The molecule has 0 bridgehead atoms. The van der Waals surface area contributed by atoms with Crippen LogP contribution in [0, 0.1) is 6.92 Å². The second-order valence-electron chi connectivity index (χ2n) is 5.80. The van der Waals surface area contributed by atoms with Crippen LogP contribution in [0.25, 0.3) is 10.2 Å². The molecule has 1 atom stereocenters. The fourth-order valence-electron chi connectivity index (χ4n) is 2.65. The van der Waals surface area contributed by atoms with E-state index in [0.717, 1.165) is 27.3 Å². The number of aryl methyl sites for hydroxylation is 2. The maximum atomic E-state index is 13.0. The maximum Gasteiger partial charge on any atom is 0.435 e. The van der Waals surface area contributed by atoms with Crippen LogP contribution in [0.3, 0.4) is 0 Å². The summed E-state index contributed by atoms with van der Waals surface area (Å²) in [6.07, 6.45) is -2.90. The molecule has 0 spiro atoms. The normalized spacial score (nSPS) is 13.4. The Hall–Kier alpha value is -2.36. The van der Waals surface area contributed by atoms with Crippen molar-refractivity contribution >= 4 is 27.5 Å². The van der Waals surface area contributed by atoms with Crippen LogP contribution in [0.1, 0.15) is 39.6 Å². The standard InChI is InChI=1S/C15H16F3N5OS/c1-7(10-6-19-22(3)8(10)2)20-13(24)11-5-9-12(15(16,17)18)21-23(4)14(9)25-11/h5-7H,1-4H3,(H,20,24)/t7-/m0/s1. The third-order valence-corrected chi connectivity index (χ3v) is 5.29. The van der Waals surface area contributed by atoms with Crippen molar-refractivity contribution in [3.63, 3.8) is 0 Å². The van der Waals surface area contributed by atoms with Crippen molar-refractivity contribution in [2.45, 2.75) is 26.1 Å². The number of nitrogens with one attached hydrogen (secondary N) is 1. The molecule has 3 heterocycles. The van der Waals surface area contributed by atoms with Gasteiger partial charge in [0, 0.05) is 30.7 Å². The molecule has 1 amide bonds. The van der Waals surface area contributed by atoms with Crippen LogP contribution >= 0.6 is 11.3 Å². The lowest BCUT2D eigenvalue weighted by Gasteiger charge is -2.13. The molecule has 3 aromatic heterocycles. The van der Waals surface area contributed by atoms with E-state index < -0.39 is 17.8 Å². The smallest absolute Gasteiger partial charge is 0.345 e. The van der Waals surface area contributed by atoms with Crippen molar-refractivity contribution in [2.24, 2.45) is 14.1 Å². The number of fused-ring (bicyclic) bond motifs is 1. The van der Waals surface area contributed by atoms with Gasteiger partial charge in [0.2, 0.25) is 0 Å². The Morgan fingerprint density at radius 1 is 1.32 bits per heavy atom. The summed E-state index contributed by atoms with van der Waals surface area (Å²) in [6, 6.07) is 0.931. The van der Waals surface area contributed by atoms with Gasteiger partial charge >= 0.3 is 6.18 Å². The molecular weight excluding hydrogens is 355 g/mol. The number of nitrogens with zero attached hydrogens (tertiary/aromatic N) is 4. The number of alkyl halides is 3. The Morgan fingerprint density at radius 2 is 2.00 bits per heavy atom. The average Bonchev–Trinajstić information content (AvgIpc) is 3.15. The first kappa shape index (κ1) is 17.5. The van der Waals surface area contributed by atoms with E-state index in [0.29, 0.717) is 4.83 Å². The molecular formula is C15H16F3N5OS. The summed E-state index contributed by atoms with van der Waals surface area (Å²) in [5, 5.41) is 10.4. The predicted octanol–water partition coefficient (Wildman–Crippen LogP) is 3.19. The lowest BCUT2D eigenvalue weighted by atomic mass is 10.1. The molecule has 0 saturated carbocycles. The van der Waals surface area contributed by atoms with Crippen LogP contribution in [0.5, 0.6) is 0 Å². The second kappa shape index (κ2) is 5.87. The number of amides is 1. The van der Waals surface area contributed by atoms with Gasteiger partial charge < -0.3 is 5.32 Å². The molecule has 0 aliphatic rings. The van der Waals surface area contributed by atoms with Crippen LogP contribution in [0.15, 0.2) is 12.3 Å². The molecule has 0 saturated heterocycles. The minimum atomic E-state index is -4.56. The minimum absolute atomic E-state index is 0.0599. The minimum Gasteiger partial charge on any atom is -0.345 e. The summed E-state index contributed by atoms with van der Waals surface area (Å²) in [6.45, 7) is 3.68. The lowest BCUT2D eigenvalue weighted by Crippen LogP contribution is -2.26. The Morgan fingerprint density at radius 3 is 2.56 bits per heavy atom. The van der Waals surface area contributed by atoms with E-state index in [9.17, 15) is 18.0 Å². The van der Waals surface area contributed by atoms with Gasteiger partial charge in [-0.15, -0.1) is 11.3 Å². The SMILES string of the molecule is Cc1c([C@H](C)NC(=O)c2cc3c(C(F)(F)F)nn(C)c3s2)cnn1C. The summed E-state index contributed by atoms with van der Waals surface area (Å²) < 4.78 is 42.0. The first-order valence-corrected chi connectivity index (χ1v) is 8.24. The molecule has 0 aliphatic heterocycles. The van der Waals surface area contributed by atoms with Gasteiger partial charge in [-0.1, -0.05) is 0 Å². The number of carbonyl (C=O) groups excluding carboxylic acids is 1. The summed E-state index contributed by atoms with van der Waals surface area (Å²) >= 11 is 0.983. The Labute approximate surface area is 145 Å². The molecule has 0 unspecified atom stereocenters. The lowest BCUT2D eigenvalue weighted by molar-refractivity contribution is -0.140. The van der Waals surface area contributed by atoms with Crippen LogP contribution in [-0.4, -0.2) is 25.5 Å². The summed E-state index contributed by atoms with van der Waals surface area (Å²) in [5.41, 5.74) is 0.791. The van der Waals surface area contributed by atoms with Crippen molar-refractivity contribution in [1.29, 1.82) is 0 Å². The van der Waals surface area contributed by atoms with Gasteiger partial charge in [0.15, 0.2) is 5.69 Å². The van der Waals surface area contributed by atoms with Crippen molar-refractivity contribution in [1.82, 2.24) is 24.9 Å². The second-order valence-corrected chi connectivity index (χ2v) is 6.83. The number of aromatic nitrogens is 4. The van der Waals surface area contributed by atoms with Gasteiger partial charge in [-0.05, 0) is 19.9 Å². The molecule has 0 aromatic carbocycles. The molecule has 3 rings (SSSR count). The predicted molar refractivity (Wildman–Crippen MR) is 87.4 cm³/mol. The number of hydrogen-bond acceptors (Lipinski definition) is 4. The molecule has 0 fully saturated rings. The van der Waals surface area contributed by atoms with E-state index in [1.165, 1.54) is 13.1 Å². The van der Waals surface area contributed by atoms with Crippen molar-refractivity contribution in [3.8, 4) is 0 Å². The molecule has 6 nitrogen and oxygen atoms in total. The van der Waals surface area contributed by atoms with Gasteiger partial charge in [-0.2, -0.15) is 23.4 Å². The fourth-order valence-corrected chi connectivity index (χ4v) is 3.62. The molecule has 3 aromatic rings. The van der Waals surface area contributed by atoms with Crippen LogP contribution in [0.4, 0.5) is 13.2 Å². The van der Waals surface area contributed by atoms with Crippen molar-refractivity contribution in [2.75, 3.05) is 0 Å². The van der Waals surface area contributed by atoms with Crippen molar-refractivity contribution < 1.29 is 18.0 Å². The third-order valence-electron chi connectivity index (χ3n) is 4.09. The Bertz CT molecular complexity index is 953. The molecule has 134 valence electrons. The zero-order chi connectivity index (χ0) is 18.5. The molecule has 0 aliphatic carbocycles. The van der Waals surface area contributed by atoms with Crippen LogP contribution in [-0.2, 0) is 20.3 Å². The highest BCUT2D eigenvalue weighted by Crippen LogP contribution is 2.37. The zero-order valence-electron chi connectivity index (χ0n) is 14.0. The van der Waals surface area contributed by atoms with E-state index in [1.54, 1.807) is 24.9 Å². The van der Waals surface area contributed by atoms with Gasteiger partial charge in [-0.3, -0.25) is 14.2 Å². The van der Waals surface area contributed by atoms with E-state index in [4.69, 9.17) is 0 Å². The van der Waals surface area contributed by atoms with E-state index in [2.05, 4.69) is 15.5 Å². The summed E-state index contributed by atoms with van der Waals surface area (Å²) in [7, 11) is 3.22. The van der Waals surface area contributed by atoms with Crippen LogP contribution in [0.2, 0.25) is 0 Å². The first-order chi connectivity index (χ1) is 11.6. The highest BCUT2D eigenvalue weighted by Gasteiger charge is 2.37. The van der Waals surface area contributed by atoms with E-state index in [1.807, 2.05) is 6.92 Å². The zero-order valence-corrected chi connectivity index (χ0v) is 14.8. The average molecular weight is 371 g/mol. The molecule has 0 radical (unpaired) electrons. The largest absolute Gasteiger partial charge is 0.435 e.